The lowest BCUT2D eigenvalue weighted by Crippen LogP contribution is -2.02. The Hall–Kier alpha value is -1.74. The second-order valence-corrected chi connectivity index (χ2v) is 4.71. The Labute approximate surface area is 117 Å². The van der Waals surface area contributed by atoms with E-state index in [2.05, 4.69) is 5.32 Å². The van der Waals surface area contributed by atoms with E-state index in [9.17, 15) is 4.39 Å². The molecule has 0 aliphatic rings. The van der Waals surface area contributed by atoms with Crippen LogP contribution >= 0.6 is 11.6 Å². The molecule has 19 heavy (non-hydrogen) atoms. The van der Waals surface area contributed by atoms with Gasteiger partial charge in [-0.3, -0.25) is 0 Å². The molecule has 0 heterocycles. The summed E-state index contributed by atoms with van der Waals surface area (Å²) in [7, 11) is 1.62. The topological polar surface area (TPSA) is 21.3 Å². The van der Waals surface area contributed by atoms with Crippen LogP contribution < -0.4 is 10.1 Å². The largest absolute Gasteiger partial charge is 0.495 e. The van der Waals surface area contributed by atoms with Crippen LogP contribution in [0.5, 0.6) is 5.75 Å². The van der Waals surface area contributed by atoms with Crippen LogP contribution in [0.1, 0.15) is 11.1 Å². The highest BCUT2D eigenvalue weighted by Crippen LogP contribution is 2.26. The Morgan fingerprint density at radius 1 is 1.21 bits per heavy atom. The van der Waals surface area contributed by atoms with E-state index in [0.29, 0.717) is 6.54 Å². The Balaban J connectivity index is 2.13. The first-order valence-electron chi connectivity index (χ1n) is 5.92. The van der Waals surface area contributed by atoms with Gasteiger partial charge in [0.05, 0.1) is 17.8 Å². The van der Waals surface area contributed by atoms with E-state index in [1.807, 2.05) is 25.1 Å². The van der Waals surface area contributed by atoms with Gasteiger partial charge in [-0.15, -0.1) is 0 Å². The number of benzene rings is 2. The summed E-state index contributed by atoms with van der Waals surface area (Å²) in [5.41, 5.74) is 2.84. The second kappa shape index (κ2) is 5.93. The maximum absolute atomic E-state index is 13.3. The van der Waals surface area contributed by atoms with Crippen LogP contribution in [0.3, 0.4) is 0 Å². The van der Waals surface area contributed by atoms with Crippen molar-refractivity contribution in [3.8, 4) is 5.75 Å². The van der Waals surface area contributed by atoms with Crippen molar-refractivity contribution in [1.82, 2.24) is 0 Å². The average Bonchev–Trinajstić information content (AvgIpc) is 2.40. The predicted molar refractivity (Wildman–Crippen MR) is 76.5 cm³/mol. The Morgan fingerprint density at radius 2 is 2.00 bits per heavy atom. The normalized spacial score (nSPS) is 10.3. The van der Waals surface area contributed by atoms with Crippen molar-refractivity contribution < 1.29 is 9.13 Å². The Morgan fingerprint density at radius 3 is 2.68 bits per heavy atom. The quantitative estimate of drug-likeness (QED) is 0.895. The van der Waals surface area contributed by atoms with Crippen LogP contribution in [0.4, 0.5) is 10.1 Å². The maximum Gasteiger partial charge on any atom is 0.142 e. The van der Waals surface area contributed by atoms with Crippen molar-refractivity contribution in [1.29, 1.82) is 0 Å². The number of nitrogens with one attached hydrogen (secondary N) is 1. The number of anilines is 1. The molecule has 0 spiro atoms. The number of halogens is 2. The van der Waals surface area contributed by atoms with Gasteiger partial charge in [-0.05, 0) is 42.3 Å². The summed E-state index contributed by atoms with van der Waals surface area (Å²) in [5, 5.41) is 3.37. The van der Waals surface area contributed by atoms with Gasteiger partial charge in [-0.2, -0.15) is 0 Å². The standard InChI is InChI=1S/C15H15ClFNO/c1-10-3-6-15(19-2)14(7-10)18-9-11-4-5-12(16)13(17)8-11/h3-8,18H,9H2,1-2H3. The first-order valence-corrected chi connectivity index (χ1v) is 6.30. The van der Waals surface area contributed by atoms with Gasteiger partial charge in [-0.25, -0.2) is 4.39 Å². The van der Waals surface area contributed by atoms with E-state index < -0.39 is 5.82 Å². The van der Waals surface area contributed by atoms with Crippen molar-refractivity contribution in [2.24, 2.45) is 0 Å². The third kappa shape index (κ3) is 3.38. The highest BCUT2D eigenvalue weighted by Gasteiger charge is 2.04. The monoisotopic (exact) mass is 279 g/mol. The molecule has 0 saturated heterocycles. The molecule has 0 amide bonds. The van der Waals surface area contributed by atoms with Crippen LogP contribution in [0, 0.1) is 12.7 Å². The molecule has 0 unspecified atom stereocenters. The van der Waals surface area contributed by atoms with Gasteiger partial charge in [0.25, 0.3) is 0 Å². The molecule has 0 aromatic heterocycles. The lowest BCUT2D eigenvalue weighted by atomic mass is 10.2. The SMILES string of the molecule is COc1ccc(C)cc1NCc1ccc(Cl)c(F)c1. The lowest BCUT2D eigenvalue weighted by molar-refractivity contribution is 0.416. The zero-order valence-electron chi connectivity index (χ0n) is 10.8. The summed E-state index contributed by atoms with van der Waals surface area (Å²) in [5.74, 6) is 0.359. The fourth-order valence-electron chi connectivity index (χ4n) is 1.81. The highest BCUT2D eigenvalue weighted by atomic mass is 35.5. The van der Waals surface area contributed by atoms with Crippen molar-refractivity contribution in [3.63, 3.8) is 0 Å². The van der Waals surface area contributed by atoms with E-state index in [4.69, 9.17) is 16.3 Å². The van der Waals surface area contributed by atoms with Crippen LogP contribution in [0.25, 0.3) is 0 Å². The number of aryl methyl sites for hydroxylation is 1. The van der Waals surface area contributed by atoms with Gasteiger partial charge in [0.15, 0.2) is 0 Å². The summed E-state index contributed by atoms with van der Waals surface area (Å²) in [6.45, 7) is 2.51. The minimum Gasteiger partial charge on any atom is -0.495 e. The third-order valence-corrected chi connectivity index (χ3v) is 3.13. The summed E-state index contributed by atoms with van der Waals surface area (Å²) in [6, 6.07) is 10.6. The number of hydrogen-bond acceptors (Lipinski definition) is 2. The summed E-state index contributed by atoms with van der Waals surface area (Å²) >= 11 is 5.65. The average molecular weight is 280 g/mol. The Bertz CT molecular complexity index is 586. The third-order valence-electron chi connectivity index (χ3n) is 2.82. The van der Waals surface area contributed by atoms with Crippen LogP contribution in [-0.2, 0) is 6.54 Å². The number of rotatable bonds is 4. The molecule has 0 aliphatic carbocycles. The van der Waals surface area contributed by atoms with Gasteiger partial charge < -0.3 is 10.1 Å². The smallest absolute Gasteiger partial charge is 0.142 e. The molecule has 100 valence electrons. The molecule has 4 heteroatoms. The molecular formula is C15H15ClFNO. The highest BCUT2D eigenvalue weighted by molar-refractivity contribution is 6.30. The van der Waals surface area contributed by atoms with E-state index in [0.717, 1.165) is 22.6 Å². The minimum absolute atomic E-state index is 0.136. The van der Waals surface area contributed by atoms with E-state index in [1.165, 1.54) is 6.07 Å². The summed E-state index contributed by atoms with van der Waals surface area (Å²) in [6.07, 6.45) is 0. The van der Waals surface area contributed by atoms with Gasteiger partial charge in [-0.1, -0.05) is 23.7 Å². The first-order chi connectivity index (χ1) is 9.10. The molecule has 2 aromatic carbocycles. The van der Waals surface area contributed by atoms with Gasteiger partial charge in [0.1, 0.15) is 11.6 Å². The van der Waals surface area contributed by atoms with Gasteiger partial charge in [0.2, 0.25) is 0 Å². The van der Waals surface area contributed by atoms with Crippen LogP contribution in [-0.4, -0.2) is 7.11 Å². The fraction of sp³-hybridized carbons (Fsp3) is 0.200. The molecule has 0 radical (unpaired) electrons. The summed E-state index contributed by atoms with van der Waals surface area (Å²) in [4.78, 5) is 0. The van der Waals surface area contributed by atoms with E-state index >= 15 is 0 Å². The molecule has 2 rings (SSSR count). The maximum atomic E-state index is 13.3. The van der Waals surface area contributed by atoms with Crippen LogP contribution in [0.15, 0.2) is 36.4 Å². The van der Waals surface area contributed by atoms with Crippen LogP contribution in [0.2, 0.25) is 5.02 Å². The summed E-state index contributed by atoms with van der Waals surface area (Å²) < 4.78 is 18.6. The molecule has 1 N–H and O–H groups in total. The number of methoxy groups -OCH3 is 1. The molecule has 0 bridgehead atoms. The lowest BCUT2D eigenvalue weighted by Gasteiger charge is -2.12. The minimum atomic E-state index is -0.405. The van der Waals surface area contributed by atoms with Crippen molar-refractivity contribution in [3.05, 3.63) is 58.4 Å². The molecule has 0 atom stereocenters. The molecule has 2 aromatic rings. The van der Waals surface area contributed by atoms with E-state index in [-0.39, 0.29) is 5.02 Å². The van der Waals surface area contributed by atoms with Gasteiger partial charge >= 0.3 is 0 Å². The second-order valence-electron chi connectivity index (χ2n) is 4.31. The number of hydrogen-bond donors (Lipinski definition) is 1. The first kappa shape index (κ1) is 13.7. The van der Waals surface area contributed by atoms with E-state index in [1.54, 1.807) is 19.2 Å². The van der Waals surface area contributed by atoms with Crippen molar-refractivity contribution in [2.75, 3.05) is 12.4 Å². The van der Waals surface area contributed by atoms with Gasteiger partial charge in [0, 0.05) is 6.54 Å². The zero-order valence-corrected chi connectivity index (χ0v) is 11.6. The predicted octanol–water partition coefficient (Wildman–Crippen LogP) is 4.41. The molecule has 0 saturated carbocycles. The van der Waals surface area contributed by atoms with Crippen molar-refractivity contribution in [2.45, 2.75) is 13.5 Å². The molecule has 0 fully saturated rings. The molecular weight excluding hydrogens is 265 g/mol. The molecule has 2 nitrogen and oxygen atoms in total. The molecule has 0 aliphatic heterocycles. The Kier molecular flexibility index (Phi) is 4.27. The zero-order chi connectivity index (χ0) is 13.8. The van der Waals surface area contributed by atoms with Crippen molar-refractivity contribution >= 4 is 17.3 Å². The number of ether oxygens (including phenoxy) is 1. The fourth-order valence-corrected chi connectivity index (χ4v) is 1.92.